The van der Waals surface area contributed by atoms with Crippen LogP contribution in [0.15, 0.2) is 5.16 Å². The van der Waals surface area contributed by atoms with E-state index >= 15 is 0 Å². The highest BCUT2D eigenvalue weighted by Gasteiger charge is 2.48. The van der Waals surface area contributed by atoms with Gasteiger partial charge in [0.05, 0.1) is 0 Å². The summed E-state index contributed by atoms with van der Waals surface area (Å²) in [5.74, 6) is 0.648. The summed E-state index contributed by atoms with van der Waals surface area (Å²) in [6.07, 6.45) is 5.55. The molecule has 1 aliphatic carbocycles. The van der Waals surface area contributed by atoms with Crippen LogP contribution in [-0.4, -0.2) is 23.0 Å². The Morgan fingerprint density at radius 1 is 1.37 bits per heavy atom. The molecule has 1 unspecified atom stereocenters. The third-order valence-corrected chi connectivity index (χ3v) is 4.04. The van der Waals surface area contributed by atoms with E-state index in [1.807, 2.05) is 6.92 Å². The van der Waals surface area contributed by atoms with Crippen molar-refractivity contribution < 1.29 is 10.0 Å². The van der Waals surface area contributed by atoms with Crippen LogP contribution in [0.3, 0.4) is 0 Å². The summed E-state index contributed by atoms with van der Waals surface area (Å²) in [4.78, 5) is 12.3. The van der Waals surface area contributed by atoms with Gasteiger partial charge in [0.1, 0.15) is 5.41 Å². The van der Waals surface area contributed by atoms with Crippen LogP contribution in [0.1, 0.15) is 59.3 Å². The molecular formula is C14H27N3O2. The fourth-order valence-electron chi connectivity index (χ4n) is 2.49. The molecule has 1 aliphatic rings. The second kappa shape index (κ2) is 6.78. The van der Waals surface area contributed by atoms with E-state index in [1.165, 1.54) is 6.42 Å². The first-order chi connectivity index (χ1) is 8.92. The Hall–Kier alpha value is -1.26. The van der Waals surface area contributed by atoms with Gasteiger partial charge in [0, 0.05) is 6.04 Å². The molecule has 1 atom stereocenters. The van der Waals surface area contributed by atoms with Crippen molar-refractivity contribution in [2.75, 3.05) is 0 Å². The monoisotopic (exact) mass is 269 g/mol. The van der Waals surface area contributed by atoms with Crippen LogP contribution in [-0.2, 0) is 4.79 Å². The van der Waals surface area contributed by atoms with Crippen LogP contribution in [0, 0.1) is 11.3 Å². The molecule has 5 heteroatoms. The van der Waals surface area contributed by atoms with Gasteiger partial charge in [-0.15, -0.1) is 0 Å². The largest absolute Gasteiger partial charge is 0.409 e. The Kier molecular flexibility index (Phi) is 5.63. The lowest BCUT2D eigenvalue weighted by molar-refractivity contribution is -0.131. The molecule has 1 rings (SSSR count). The van der Waals surface area contributed by atoms with Gasteiger partial charge in [-0.05, 0) is 32.1 Å². The third-order valence-electron chi connectivity index (χ3n) is 4.04. The number of nitrogens with two attached hydrogens (primary N) is 1. The third kappa shape index (κ3) is 3.85. The number of amidine groups is 1. The highest BCUT2D eigenvalue weighted by molar-refractivity contribution is 6.07. The van der Waals surface area contributed by atoms with E-state index in [0.29, 0.717) is 18.8 Å². The van der Waals surface area contributed by atoms with E-state index in [1.54, 1.807) is 0 Å². The van der Waals surface area contributed by atoms with Gasteiger partial charge in [-0.3, -0.25) is 4.79 Å². The van der Waals surface area contributed by atoms with Crippen molar-refractivity contribution in [3.63, 3.8) is 0 Å². The smallest absolute Gasteiger partial charge is 0.234 e. The molecule has 19 heavy (non-hydrogen) atoms. The summed E-state index contributed by atoms with van der Waals surface area (Å²) in [7, 11) is 0. The Balaban J connectivity index is 2.45. The molecule has 0 aromatic rings. The van der Waals surface area contributed by atoms with E-state index in [9.17, 15) is 4.79 Å². The molecule has 4 N–H and O–H groups in total. The number of amides is 1. The van der Waals surface area contributed by atoms with Gasteiger partial charge in [0.15, 0.2) is 5.84 Å². The normalized spacial score (nSPS) is 19.9. The number of hydrogen-bond donors (Lipinski definition) is 3. The maximum atomic E-state index is 12.3. The van der Waals surface area contributed by atoms with Gasteiger partial charge in [0.2, 0.25) is 5.91 Å². The summed E-state index contributed by atoms with van der Waals surface area (Å²) in [5, 5.41) is 14.8. The molecule has 1 fully saturated rings. The standard InChI is InChI=1S/C14H27N3O2/c1-10(2)6-4-7-11(3)16-13(18)14(8-5-9-14)12(15)17-19/h10-11,19H,4-9H2,1-3H3,(H2,15,17)(H,16,18). The van der Waals surface area contributed by atoms with Crippen molar-refractivity contribution in [3.05, 3.63) is 0 Å². The SMILES string of the molecule is CC(C)CCCC(C)NC(=O)C1(C(N)=NO)CCC1. The molecule has 5 nitrogen and oxygen atoms in total. The predicted molar refractivity (Wildman–Crippen MR) is 76.0 cm³/mol. The minimum atomic E-state index is -0.763. The molecule has 0 spiro atoms. The summed E-state index contributed by atoms with van der Waals surface area (Å²) < 4.78 is 0. The highest BCUT2D eigenvalue weighted by Crippen LogP contribution is 2.41. The number of carbonyl (C=O) groups excluding carboxylic acids is 1. The van der Waals surface area contributed by atoms with Crippen molar-refractivity contribution in [1.82, 2.24) is 5.32 Å². The Morgan fingerprint density at radius 2 is 2.00 bits per heavy atom. The summed E-state index contributed by atoms with van der Waals surface area (Å²) in [6.45, 7) is 6.41. The van der Waals surface area contributed by atoms with E-state index in [4.69, 9.17) is 10.9 Å². The zero-order valence-corrected chi connectivity index (χ0v) is 12.3. The van der Waals surface area contributed by atoms with Crippen LogP contribution >= 0.6 is 0 Å². The molecule has 0 bridgehead atoms. The molecule has 0 aromatic carbocycles. The van der Waals surface area contributed by atoms with Gasteiger partial charge < -0.3 is 16.3 Å². The minimum absolute atomic E-state index is 0.0469. The second-order valence-electron chi connectivity index (χ2n) is 6.12. The lowest BCUT2D eigenvalue weighted by atomic mass is 9.67. The molecule has 1 amide bonds. The van der Waals surface area contributed by atoms with Crippen molar-refractivity contribution in [1.29, 1.82) is 0 Å². The molecule has 0 aliphatic heterocycles. The Labute approximate surface area is 115 Å². The first-order valence-electron chi connectivity index (χ1n) is 7.21. The molecule has 0 saturated heterocycles. The van der Waals surface area contributed by atoms with Gasteiger partial charge in [-0.2, -0.15) is 0 Å². The minimum Gasteiger partial charge on any atom is -0.409 e. The molecule has 1 saturated carbocycles. The molecule has 0 aromatic heterocycles. The number of oxime groups is 1. The van der Waals surface area contributed by atoms with Gasteiger partial charge in [-0.1, -0.05) is 38.3 Å². The summed E-state index contributed by atoms with van der Waals surface area (Å²) in [5.41, 5.74) is 4.91. The first kappa shape index (κ1) is 15.8. The average Bonchev–Trinajstić information content (AvgIpc) is 2.26. The van der Waals surface area contributed by atoms with E-state index in [2.05, 4.69) is 24.3 Å². The lowest BCUT2D eigenvalue weighted by Gasteiger charge is -2.39. The molecule has 110 valence electrons. The van der Waals surface area contributed by atoms with Gasteiger partial charge >= 0.3 is 0 Å². The lowest BCUT2D eigenvalue weighted by Crippen LogP contribution is -2.55. The number of carbonyl (C=O) groups is 1. The van der Waals surface area contributed by atoms with Crippen molar-refractivity contribution in [3.8, 4) is 0 Å². The van der Waals surface area contributed by atoms with Gasteiger partial charge in [0.25, 0.3) is 0 Å². The summed E-state index contributed by atoms with van der Waals surface area (Å²) >= 11 is 0. The number of hydrogen-bond acceptors (Lipinski definition) is 3. The molecular weight excluding hydrogens is 242 g/mol. The number of nitrogens with zero attached hydrogens (tertiary/aromatic N) is 1. The molecule has 0 heterocycles. The molecule has 0 radical (unpaired) electrons. The highest BCUT2D eigenvalue weighted by atomic mass is 16.4. The number of rotatable bonds is 7. The predicted octanol–water partition coefficient (Wildman–Crippen LogP) is 2.23. The van der Waals surface area contributed by atoms with E-state index in [-0.39, 0.29) is 17.8 Å². The maximum Gasteiger partial charge on any atom is 0.234 e. The Bertz CT molecular complexity index is 336. The van der Waals surface area contributed by atoms with Crippen molar-refractivity contribution in [2.24, 2.45) is 22.2 Å². The van der Waals surface area contributed by atoms with Crippen LogP contribution in [0.5, 0.6) is 0 Å². The topological polar surface area (TPSA) is 87.7 Å². The zero-order valence-electron chi connectivity index (χ0n) is 12.3. The van der Waals surface area contributed by atoms with Crippen LogP contribution in [0.2, 0.25) is 0 Å². The fraction of sp³-hybridized carbons (Fsp3) is 0.857. The van der Waals surface area contributed by atoms with Gasteiger partial charge in [-0.25, -0.2) is 0 Å². The zero-order chi connectivity index (χ0) is 14.5. The van der Waals surface area contributed by atoms with E-state index in [0.717, 1.165) is 19.3 Å². The fourth-order valence-corrected chi connectivity index (χ4v) is 2.49. The number of nitrogens with one attached hydrogen (secondary N) is 1. The van der Waals surface area contributed by atoms with Crippen molar-refractivity contribution in [2.45, 2.75) is 65.3 Å². The maximum absolute atomic E-state index is 12.3. The quantitative estimate of drug-likeness (QED) is 0.286. The first-order valence-corrected chi connectivity index (χ1v) is 7.21. The van der Waals surface area contributed by atoms with Crippen LogP contribution < -0.4 is 11.1 Å². The van der Waals surface area contributed by atoms with Crippen LogP contribution in [0.25, 0.3) is 0 Å². The van der Waals surface area contributed by atoms with Crippen LogP contribution in [0.4, 0.5) is 0 Å². The van der Waals surface area contributed by atoms with Crippen molar-refractivity contribution >= 4 is 11.7 Å². The average molecular weight is 269 g/mol. The Morgan fingerprint density at radius 3 is 2.42 bits per heavy atom. The second-order valence-corrected chi connectivity index (χ2v) is 6.12. The summed E-state index contributed by atoms with van der Waals surface area (Å²) in [6, 6.07) is 0.134. The van der Waals surface area contributed by atoms with E-state index < -0.39 is 5.41 Å².